The van der Waals surface area contributed by atoms with Crippen LogP contribution in [0.25, 0.3) is 0 Å². The van der Waals surface area contributed by atoms with E-state index in [2.05, 4.69) is 10.7 Å². The molecule has 0 bridgehead atoms. The van der Waals surface area contributed by atoms with Gasteiger partial charge in [-0.05, 0) is 55.3 Å². The lowest BCUT2D eigenvalue weighted by atomic mass is 9.81. The van der Waals surface area contributed by atoms with E-state index in [-0.39, 0.29) is 22.9 Å². The van der Waals surface area contributed by atoms with Gasteiger partial charge in [-0.25, -0.2) is 5.48 Å². The van der Waals surface area contributed by atoms with Crippen LogP contribution in [0.4, 0.5) is 0 Å². The number of benzene rings is 1. The highest BCUT2D eigenvalue weighted by atomic mass is 32.1. The van der Waals surface area contributed by atoms with E-state index in [4.69, 9.17) is 12.2 Å². The van der Waals surface area contributed by atoms with Crippen molar-refractivity contribution in [3.63, 3.8) is 0 Å². The molecule has 0 radical (unpaired) electrons. The maximum absolute atomic E-state index is 13.2. The van der Waals surface area contributed by atoms with Crippen LogP contribution in [0.3, 0.4) is 0 Å². The molecule has 4 N–H and O–H groups in total. The highest BCUT2D eigenvalue weighted by molar-refractivity contribution is 7.80. The number of hydrazine groups is 1. The van der Waals surface area contributed by atoms with Gasteiger partial charge in [-0.2, -0.15) is 5.01 Å². The van der Waals surface area contributed by atoms with Gasteiger partial charge in [0.1, 0.15) is 6.04 Å². The summed E-state index contributed by atoms with van der Waals surface area (Å²) < 4.78 is 0. The molecule has 0 spiro atoms. The van der Waals surface area contributed by atoms with E-state index in [1.54, 1.807) is 5.48 Å². The van der Waals surface area contributed by atoms with Crippen molar-refractivity contribution in [1.29, 1.82) is 0 Å². The summed E-state index contributed by atoms with van der Waals surface area (Å²) in [6.45, 7) is 7.69. The molecule has 1 heterocycles. The Morgan fingerprint density at radius 3 is 2.31 bits per heavy atom. The minimum absolute atomic E-state index is 0.000264. The molecule has 176 valence electrons. The first-order chi connectivity index (χ1) is 15.1. The number of aryl methyl sites for hydroxylation is 1. The smallest absolute Gasteiger partial charge is 0.270 e. The fourth-order valence-corrected chi connectivity index (χ4v) is 4.24. The average molecular weight is 463 g/mol. The third-order valence-corrected chi connectivity index (χ3v) is 5.98. The quantitative estimate of drug-likeness (QED) is 0.229. The van der Waals surface area contributed by atoms with Gasteiger partial charge in [0.2, 0.25) is 11.8 Å². The monoisotopic (exact) mass is 462 g/mol. The SMILES string of the molecule is CC(C)C[C@@H](C(=O)NN1C(=O)[C@H](C(C)C)NC1=S)[C@H](CCCc1ccccc1)C(=O)NO. The van der Waals surface area contributed by atoms with Crippen molar-refractivity contribution in [3.05, 3.63) is 35.9 Å². The van der Waals surface area contributed by atoms with Gasteiger partial charge in [-0.1, -0.05) is 58.0 Å². The number of hydroxylamine groups is 1. The zero-order valence-electron chi connectivity index (χ0n) is 19.1. The van der Waals surface area contributed by atoms with Crippen LogP contribution in [0.2, 0.25) is 0 Å². The molecule has 9 heteroatoms. The molecule has 1 saturated heterocycles. The lowest BCUT2D eigenvalue weighted by Crippen LogP contribution is -2.51. The second kappa shape index (κ2) is 11.9. The van der Waals surface area contributed by atoms with Crippen LogP contribution in [0.1, 0.15) is 52.5 Å². The standard InChI is InChI=1S/C23H34N4O4S/c1-14(2)13-18(20(28)25-27-22(30)19(15(3)4)24-23(27)32)17(21(29)26-31)12-8-11-16-9-6-5-7-10-16/h5-7,9-10,14-15,17-19,31H,8,11-13H2,1-4H3,(H,24,32)(H,25,28)(H,26,29)/t17-,18+,19-/m0/s1. The van der Waals surface area contributed by atoms with Gasteiger partial charge in [0.05, 0.1) is 11.8 Å². The summed E-state index contributed by atoms with van der Waals surface area (Å²) in [5.74, 6) is -2.75. The van der Waals surface area contributed by atoms with Gasteiger partial charge < -0.3 is 5.32 Å². The Labute approximate surface area is 195 Å². The topological polar surface area (TPSA) is 111 Å². The van der Waals surface area contributed by atoms with Gasteiger partial charge in [-0.15, -0.1) is 0 Å². The van der Waals surface area contributed by atoms with E-state index in [0.717, 1.165) is 17.0 Å². The van der Waals surface area contributed by atoms with Crippen LogP contribution in [-0.2, 0) is 20.8 Å². The minimum Gasteiger partial charge on any atom is -0.349 e. The molecule has 0 unspecified atom stereocenters. The third-order valence-electron chi connectivity index (χ3n) is 5.68. The summed E-state index contributed by atoms with van der Waals surface area (Å²) in [5.41, 5.74) is 5.47. The second-order valence-corrected chi connectivity index (χ2v) is 9.40. The van der Waals surface area contributed by atoms with Crippen molar-refractivity contribution in [3.8, 4) is 0 Å². The molecule has 1 aromatic rings. The van der Waals surface area contributed by atoms with E-state index >= 15 is 0 Å². The molecule has 3 amide bonds. The summed E-state index contributed by atoms with van der Waals surface area (Å²) in [7, 11) is 0. The van der Waals surface area contributed by atoms with Crippen LogP contribution in [-0.4, -0.2) is 39.1 Å². The molecule has 1 aliphatic heterocycles. The zero-order valence-corrected chi connectivity index (χ0v) is 19.9. The van der Waals surface area contributed by atoms with Crippen molar-refractivity contribution in [2.75, 3.05) is 0 Å². The fraction of sp³-hybridized carbons (Fsp3) is 0.565. The summed E-state index contributed by atoms with van der Waals surface area (Å²) in [6, 6.07) is 9.37. The molecule has 1 fully saturated rings. The van der Waals surface area contributed by atoms with Crippen LogP contribution in [0, 0.1) is 23.7 Å². The Kier molecular flexibility index (Phi) is 9.59. The highest BCUT2D eigenvalue weighted by Gasteiger charge is 2.41. The maximum atomic E-state index is 13.2. The number of carbonyl (C=O) groups excluding carboxylic acids is 3. The summed E-state index contributed by atoms with van der Waals surface area (Å²) in [6.07, 6.45) is 2.26. The molecule has 0 saturated carbocycles. The lowest BCUT2D eigenvalue weighted by Gasteiger charge is -2.28. The Balaban J connectivity index is 2.15. The Morgan fingerprint density at radius 2 is 1.78 bits per heavy atom. The average Bonchev–Trinajstić information content (AvgIpc) is 3.04. The van der Waals surface area contributed by atoms with Gasteiger partial charge in [0.15, 0.2) is 5.11 Å². The molecule has 32 heavy (non-hydrogen) atoms. The largest absolute Gasteiger partial charge is 0.349 e. The van der Waals surface area contributed by atoms with E-state index < -0.39 is 29.7 Å². The molecule has 3 atom stereocenters. The Bertz CT molecular complexity index is 815. The number of amides is 3. The predicted octanol–water partition coefficient (Wildman–Crippen LogP) is 2.57. The molecular formula is C23H34N4O4S. The van der Waals surface area contributed by atoms with Crippen LogP contribution < -0.4 is 16.2 Å². The summed E-state index contributed by atoms with van der Waals surface area (Å²) in [5, 5.41) is 13.5. The third kappa shape index (κ3) is 6.74. The van der Waals surface area contributed by atoms with Gasteiger partial charge in [0.25, 0.3) is 5.91 Å². The normalized spacial score (nSPS) is 18.0. The molecule has 8 nitrogen and oxygen atoms in total. The fourth-order valence-electron chi connectivity index (χ4n) is 3.98. The molecular weight excluding hydrogens is 428 g/mol. The van der Waals surface area contributed by atoms with E-state index in [0.29, 0.717) is 19.3 Å². The number of nitrogens with zero attached hydrogens (tertiary/aromatic N) is 1. The lowest BCUT2D eigenvalue weighted by molar-refractivity contribution is -0.144. The van der Waals surface area contributed by atoms with Gasteiger partial charge in [-0.3, -0.25) is 25.0 Å². The Hall–Kier alpha value is -2.52. The summed E-state index contributed by atoms with van der Waals surface area (Å²) in [4.78, 5) is 38.4. The molecule has 2 rings (SSSR count). The number of rotatable bonds is 11. The van der Waals surface area contributed by atoms with Gasteiger partial charge >= 0.3 is 0 Å². The van der Waals surface area contributed by atoms with E-state index in [1.807, 2.05) is 58.0 Å². The second-order valence-electron chi connectivity index (χ2n) is 9.02. The number of hydrogen-bond acceptors (Lipinski definition) is 5. The first-order valence-corrected chi connectivity index (χ1v) is 11.5. The number of hydrogen-bond donors (Lipinski definition) is 4. The first kappa shape index (κ1) is 25.7. The minimum atomic E-state index is -0.744. The van der Waals surface area contributed by atoms with E-state index in [9.17, 15) is 19.6 Å². The molecule has 1 aliphatic rings. The van der Waals surface area contributed by atoms with Crippen LogP contribution in [0.15, 0.2) is 30.3 Å². The van der Waals surface area contributed by atoms with Crippen molar-refractivity contribution >= 4 is 35.1 Å². The van der Waals surface area contributed by atoms with Crippen molar-refractivity contribution in [2.45, 2.75) is 59.4 Å². The highest BCUT2D eigenvalue weighted by Crippen LogP contribution is 2.27. The molecule has 0 aromatic heterocycles. The van der Waals surface area contributed by atoms with Gasteiger partial charge in [0, 0.05) is 0 Å². The predicted molar refractivity (Wildman–Crippen MR) is 125 cm³/mol. The Morgan fingerprint density at radius 1 is 1.12 bits per heavy atom. The van der Waals surface area contributed by atoms with Crippen molar-refractivity contribution in [1.82, 2.24) is 21.2 Å². The van der Waals surface area contributed by atoms with Crippen LogP contribution in [0.5, 0.6) is 0 Å². The molecule has 1 aromatic carbocycles. The number of thiocarbonyl (C=S) groups is 1. The number of nitrogens with one attached hydrogen (secondary N) is 3. The van der Waals surface area contributed by atoms with Crippen molar-refractivity contribution in [2.24, 2.45) is 23.7 Å². The maximum Gasteiger partial charge on any atom is 0.270 e. The molecule has 0 aliphatic carbocycles. The number of carbonyl (C=O) groups is 3. The van der Waals surface area contributed by atoms with Crippen molar-refractivity contribution < 1.29 is 19.6 Å². The first-order valence-electron chi connectivity index (χ1n) is 11.1. The zero-order chi connectivity index (χ0) is 23.8. The van der Waals surface area contributed by atoms with E-state index in [1.165, 1.54) is 0 Å². The van der Waals surface area contributed by atoms with Crippen LogP contribution >= 0.6 is 12.2 Å². The summed E-state index contributed by atoms with van der Waals surface area (Å²) >= 11 is 5.23.